The number of nitrogens with zero attached hydrogens (tertiary/aromatic N) is 1. The lowest BCUT2D eigenvalue weighted by molar-refractivity contribution is 0.0765. The minimum atomic E-state index is 0. The maximum Gasteiger partial charge on any atom is 0.254 e. The Bertz CT molecular complexity index is 474. The van der Waals surface area contributed by atoms with Crippen molar-refractivity contribution in [3.05, 3.63) is 29.3 Å². The van der Waals surface area contributed by atoms with E-state index < -0.39 is 0 Å². The Morgan fingerprint density at radius 3 is 2.76 bits per heavy atom. The SMILES string of the molecule is Cl.Cl.O=C(c1cccc2c1CCCN2)N1CCCNCC1. The molecule has 0 aliphatic carbocycles. The highest BCUT2D eigenvalue weighted by atomic mass is 35.5. The predicted octanol–water partition coefficient (Wildman–Crippen LogP) is 2.32. The zero-order valence-electron chi connectivity index (χ0n) is 12.1. The van der Waals surface area contributed by atoms with Gasteiger partial charge in [-0.3, -0.25) is 4.79 Å². The van der Waals surface area contributed by atoms with Gasteiger partial charge in [0.05, 0.1) is 0 Å². The van der Waals surface area contributed by atoms with Crippen molar-refractivity contribution in [1.82, 2.24) is 10.2 Å². The Balaban J connectivity index is 0.00000110. The predicted molar refractivity (Wildman–Crippen MR) is 91.1 cm³/mol. The summed E-state index contributed by atoms with van der Waals surface area (Å²) in [6.07, 6.45) is 3.16. The van der Waals surface area contributed by atoms with Crippen LogP contribution in [0.5, 0.6) is 0 Å². The lowest BCUT2D eigenvalue weighted by atomic mass is 9.97. The number of hydrogen-bond acceptors (Lipinski definition) is 3. The number of rotatable bonds is 1. The molecule has 2 N–H and O–H groups in total. The second kappa shape index (κ2) is 8.47. The quantitative estimate of drug-likeness (QED) is 0.830. The van der Waals surface area contributed by atoms with Crippen molar-refractivity contribution in [3.8, 4) is 0 Å². The molecule has 0 unspecified atom stereocenters. The van der Waals surface area contributed by atoms with Crippen LogP contribution in [-0.4, -0.2) is 43.5 Å². The molecule has 0 spiro atoms. The Morgan fingerprint density at radius 2 is 1.90 bits per heavy atom. The van der Waals surface area contributed by atoms with E-state index in [1.165, 1.54) is 5.56 Å². The largest absolute Gasteiger partial charge is 0.385 e. The van der Waals surface area contributed by atoms with E-state index >= 15 is 0 Å². The van der Waals surface area contributed by atoms with Gasteiger partial charge in [-0.1, -0.05) is 6.07 Å². The highest BCUT2D eigenvalue weighted by Crippen LogP contribution is 2.26. The van der Waals surface area contributed by atoms with Crippen molar-refractivity contribution in [2.24, 2.45) is 0 Å². The van der Waals surface area contributed by atoms with Gasteiger partial charge in [0, 0.05) is 37.4 Å². The smallest absolute Gasteiger partial charge is 0.254 e. The fourth-order valence-electron chi connectivity index (χ4n) is 2.93. The van der Waals surface area contributed by atoms with Crippen molar-refractivity contribution in [3.63, 3.8) is 0 Å². The fourth-order valence-corrected chi connectivity index (χ4v) is 2.93. The van der Waals surface area contributed by atoms with Gasteiger partial charge >= 0.3 is 0 Å². The molecule has 21 heavy (non-hydrogen) atoms. The fraction of sp³-hybridized carbons (Fsp3) is 0.533. The number of nitrogens with one attached hydrogen (secondary N) is 2. The maximum absolute atomic E-state index is 12.7. The number of hydrogen-bond donors (Lipinski definition) is 2. The van der Waals surface area contributed by atoms with Crippen LogP contribution in [0.15, 0.2) is 18.2 Å². The van der Waals surface area contributed by atoms with E-state index in [1.807, 2.05) is 17.0 Å². The van der Waals surface area contributed by atoms with Crippen LogP contribution in [0.1, 0.15) is 28.8 Å². The number of carbonyl (C=O) groups is 1. The van der Waals surface area contributed by atoms with E-state index in [0.717, 1.165) is 63.2 Å². The Labute approximate surface area is 138 Å². The first-order valence-corrected chi connectivity index (χ1v) is 7.22. The average Bonchev–Trinajstić information content (AvgIpc) is 2.75. The molecular formula is C15H23Cl2N3O. The lowest BCUT2D eigenvalue weighted by Gasteiger charge is -2.25. The van der Waals surface area contributed by atoms with Crippen LogP contribution >= 0.6 is 24.8 Å². The van der Waals surface area contributed by atoms with Crippen molar-refractivity contribution in [1.29, 1.82) is 0 Å². The van der Waals surface area contributed by atoms with E-state index in [0.29, 0.717) is 0 Å². The third-order valence-corrected chi connectivity index (χ3v) is 3.95. The van der Waals surface area contributed by atoms with E-state index in [-0.39, 0.29) is 30.7 Å². The minimum Gasteiger partial charge on any atom is -0.385 e. The third kappa shape index (κ3) is 4.02. The Kier molecular flexibility index (Phi) is 7.29. The number of carbonyl (C=O) groups excluding carboxylic acids is 1. The van der Waals surface area contributed by atoms with Gasteiger partial charge in [0.15, 0.2) is 0 Å². The molecule has 1 saturated heterocycles. The van der Waals surface area contributed by atoms with E-state index in [4.69, 9.17) is 0 Å². The van der Waals surface area contributed by atoms with Crippen LogP contribution in [-0.2, 0) is 6.42 Å². The molecule has 1 aromatic rings. The summed E-state index contributed by atoms with van der Waals surface area (Å²) >= 11 is 0. The zero-order chi connectivity index (χ0) is 13.1. The molecule has 3 rings (SSSR count). The number of anilines is 1. The molecule has 2 aliphatic rings. The van der Waals surface area contributed by atoms with Gasteiger partial charge in [-0.25, -0.2) is 0 Å². The summed E-state index contributed by atoms with van der Waals surface area (Å²) in [6, 6.07) is 6.04. The van der Waals surface area contributed by atoms with E-state index in [9.17, 15) is 4.79 Å². The number of halogens is 2. The van der Waals surface area contributed by atoms with Gasteiger partial charge in [-0.2, -0.15) is 0 Å². The van der Waals surface area contributed by atoms with Gasteiger partial charge in [0.25, 0.3) is 5.91 Å². The lowest BCUT2D eigenvalue weighted by Crippen LogP contribution is -2.35. The third-order valence-electron chi connectivity index (χ3n) is 3.95. The highest BCUT2D eigenvalue weighted by Gasteiger charge is 2.22. The molecule has 1 aromatic carbocycles. The molecule has 0 saturated carbocycles. The molecule has 1 fully saturated rings. The first kappa shape index (κ1) is 18.1. The molecule has 0 radical (unpaired) electrons. The molecule has 4 nitrogen and oxygen atoms in total. The van der Waals surface area contributed by atoms with Gasteiger partial charge < -0.3 is 15.5 Å². The Morgan fingerprint density at radius 1 is 1.05 bits per heavy atom. The molecule has 0 atom stereocenters. The monoisotopic (exact) mass is 331 g/mol. The van der Waals surface area contributed by atoms with Gasteiger partial charge in [-0.05, 0) is 43.5 Å². The topological polar surface area (TPSA) is 44.4 Å². The van der Waals surface area contributed by atoms with Gasteiger partial charge in [-0.15, -0.1) is 24.8 Å². The van der Waals surface area contributed by atoms with Crippen LogP contribution < -0.4 is 10.6 Å². The second-order valence-corrected chi connectivity index (χ2v) is 5.26. The summed E-state index contributed by atoms with van der Waals surface area (Å²) in [7, 11) is 0. The molecule has 2 heterocycles. The zero-order valence-corrected chi connectivity index (χ0v) is 13.7. The molecule has 118 valence electrons. The molecule has 1 amide bonds. The van der Waals surface area contributed by atoms with Crippen LogP contribution in [0, 0.1) is 0 Å². The van der Waals surface area contributed by atoms with Gasteiger partial charge in [0.2, 0.25) is 0 Å². The Hall–Kier alpha value is -0.970. The first-order valence-electron chi connectivity index (χ1n) is 7.22. The van der Waals surface area contributed by atoms with E-state index in [2.05, 4.69) is 16.7 Å². The summed E-state index contributed by atoms with van der Waals surface area (Å²) < 4.78 is 0. The summed E-state index contributed by atoms with van der Waals surface area (Å²) in [5, 5.41) is 6.73. The van der Waals surface area contributed by atoms with Crippen LogP contribution in [0.25, 0.3) is 0 Å². The number of benzene rings is 1. The van der Waals surface area contributed by atoms with Crippen LogP contribution in [0.2, 0.25) is 0 Å². The highest BCUT2D eigenvalue weighted by molar-refractivity contribution is 5.97. The summed E-state index contributed by atoms with van der Waals surface area (Å²) in [6.45, 7) is 4.61. The maximum atomic E-state index is 12.7. The molecule has 0 aromatic heterocycles. The first-order chi connectivity index (χ1) is 9.36. The summed E-state index contributed by atoms with van der Waals surface area (Å²) in [4.78, 5) is 14.7. The summed E-state index contributed by atoms with van der Waals surface area (Å²) in [5.41, 5.74) is 3.24. The van der Waals surface area contributed by atoms with Crippen molar-refractivity contribution < 1.29 is 4.79 Å². The standard InChI is InChI=1S/C15H21N3O.2ClH/c19-15(18-10-3-7-16-9-11-18)13-4-1-6-14-12(13)5-2-8-17-14;;/h1,4,6,16-17H,2-3,5,7-11H2;2*1H. The molecule has 6 heteroatoms. The van der Waals surface area contributed by atoms with Crippen LogP contribution in [0.4, 0.5) is 5.69 Å². The van der Waals surface area contributed by atoms with Crippen molar-refractivity contribution in [2.45, 2.75) is 19.3 Å². The number of fused-ring (bicyclic) bond motifs is 1. The van der Waals surface area contributed by atoms with E-state index in [1.54, 1.807) is 0 Å². The molecular weight excluding hydrogens is 309 g/mol. The van der Waals surface area contributed by atoms with Crippen molar-refractivity contribution in [2.75, 3.05) is 38.0 Å². The summed E-state index contributed by atoms with van der Waals surface area (Å²) in [5.74, 6) is 0.198. The molecule has 2 aliphatic heterocycles. The van der Waals surface area contributed by atoms with Crippen molar-refractivity contribution >= 4 is 36.4 Å². The minimum absolute atomic E-state index is 0. The van der Waals surface area contributed by atoms with Crippen LogP contribution in [0.3, 0.4) is 0 Å². The molecule has 0 bridgehead atoms. The second-order valence-electron chi connectivity index (χ2n) is 5.26. The average molecular weight is 332 g/mol. The number of amides is 1. The normalized spacial score (nSPS) is 17.4. The van der Waals surface area contributed by atoms with Gasteiger partial charge in [0.1, 0.15) is 0 Å².